The smallest absolute Gasteiger partial charge is 0.238 e. The molecule has 0 saturated heterocycles. The summed E-state index contributed by atoms with van der Waals surface area (Å²) in [6.45, 7) is 0.471. The highest BCUT2D eigenvalue weighted by Gasteiger charge is 2.03. The van der Waals surface area contributed by atoms with Gasteiger partial charge < -0.3 is 9.73 Å². The molecule has 2 aromatic rings. The summed E-state index contributed by atoms with van der Waals surface area (Å²) >= 11 is 5.04. The minimum absolute atomic E-state index is 0.110. The Balaban J connectivity index is 1.61. The maximum Gasteiger partial charge on any atom is 0.238 e. The van der Waals surface area contributed by atoms with Crippen LogP contribution in [0.4, 0.5) is 0 Å². The van der Waals surface area contributed by atoms with E-state index in [-0.39, 0.29) is 5.91 Å². The molecule has 0 saturated carbocycles. The van der Waals surface area contributed by atoms with Crippen LogP contribution in [0.5, 0.6) is 0 Å². The van der Waals surface area contributed by atoms with Crippen LogP contribution in [0.15, 0.2) is 53.1 Å². The van der Waals surface area contributed by atoms with Gasteiger partial charge in [0.05, 0.1) is 12.8 Å². The third-order valence-electron chi connectivity index (χ3n) is 2.80. The van der Waals surface area contributed by atoms with Gasteiger partial charge in [0.1, 0.15) is 5.76 Å². The van der Waals surface area contributed by atoms with Crippen LogP contribution in [0.25, 0.3) is 0 Å². The summed E-state index contributed by atoms with van der Waals surface area (Å²) in [4.78, 5) is 11.7. The van der Waals surface area contributed by atoms with Crippen molar-refractivity contribution in [1.29, 1.82) is 0 Å². The predicted molar refractivity (Wildman–Crippen MR) is 84.2 cm³/mol. The zero-order chi connectivity index (χ0) is 14.9. The van der Waals surface area contributed by atoms with E-state index in [1.807, 2.05) is 36.4 Å². The summed E-state index contributed by atoms with van der Waals surface area (Å²) in [7, 11) is 0. The molecule has 0 unspecified atom stereocenters. The van der Waals surface area contributed by atoms with Gasteiger partial charge in [-0.3, -0.25) is 15.6 Å². The molecule has 1 aromatic carbocycles. The first kappa shape index (κ1) is 15.1. The van der Waals surface area contributed by atoms with Crippen LogP contribution in [0.2, 0.25) is 0 Å². The summed E-state index contributed by atoms with van der Waals surface area (Å²) in [5.41, 5.74) is 6.35. The molecule has 0 radical (unpaired) electrons. The quantitative estimate of drug-likeness (QED) is 0.581. The highest BCUT2D eigenvalue weighted by atomic mass is 32.1. The van der Waals surface area contributed by atoms with Gasteiger partial charge in [-0.25, -0.2) is 0 Å². The van der Waals surface area contributed by atoms with Crippen LogP contribution in [0, 0.1) is 0 Å². The number of furan rings is 1. The second kappa shape index (κ2) is 8.06. The van der Waals surface area contributed by atoms with Crippen molar-refractivity contribution in [1.82, 2.24) is 16.2 Å². The average molecular weight is 303 g/mol. The third kappa shape index (κ3) is 5.66. The maximum atomic E-state index is 11.7. The van der Waals surface area contributed by atoms with Gasteiger partial charge in [-0.2, -0.15) is 0 Å². The molecule has 0 aliphatic rings. The molecule has 1 heterocycles. The second-order valence-electron chi connectivity index (χ2n) is 4.42. The van der Waals surface area contributed by atoms with Gasteiger partial charge >= 0.3 is 0 Å². The van der Waals surface area contributed by atoms with Crippen LogP contribution in [0.1, 0.15) is 17.7 Å². The number of hydrazine groups is 1. The Kier molecular flexibility index (Phi) is 5.78. The van der Waals surface area contributed by atoms with Crippen LogP contribution in [-0.2, 0) is 17.8 Å². The predicted octanol–water partition coefficient (Wildman–Crippen LogP) is 1.91. The molecule has 2 rings (SSSR count). The molecule has 5 nitrogen and oxygen atoms in total. The molecular weight excluding hydrogens is 286 g/mol. The van der Waals surface area contributed by atoms with Crippen LogP contribution in [-0.4, -0.2) is 11.0 Å². The number of benzene rings is 1. The highest BCUT2D eigenvalue weighted by molar-refractivity contribution is 7.80. The van der Waals surface area contributed by atoms with E-state index in [1.54, 1.807) is 12.3 Å². The van der Waals surface area contributed by atoms with Crippen LogP contribution < -0.4 is 16.2 Å². The molecule has 1 amide bonds. The number of carbonyl (C=O) groups is 1. The number of nitrogens with one attached hydrogen (secondary N) is 3. The molecule has 0 spiro atoms. The fourth-order valence-corrected chi connectivity index (χ4v) is 1.84. The van der Waals surface area contributed by atoms with E-state index in [4.69, 9.17) is 16.6 Å². The first-order chi connectivity index (χ1) is 10.2. The number of thiocarbonyl (C=S) groups is 1. The molecule has 1 aromatic heterocycles. The Hall–Kier alpha value is -2.34. The Morgan fingerprint density at radius 3 is 2.62 bits per heavy atom. The van der Waals surface area contributed by atoms with Crippen molar-refractivity contribution in [3.63, 3.8) is 0 Å². The summed E-state index contributed by atoms with van der Waals surface area (Å²) in [5, 5.41) is 3.27. The van der Waals surface area contributed by atoms with E-state index in [2.05, 4.69) is 16.2 Å². The lowest BCUT2D eigenvalue weighted by Crippen LogP contribution is -2.46. The molecule has 21 heavy (non-hydrogen) atoms. The molecule has 0 fully saturated rings. The fourth-order valence-electron chi connectivity index (χ4n) is 1.72. The van der Waals surface area contributed by atoms with Gasteiger partial charge in [-0.05, 0) is 36.3 Å². The number of hydrogen-bond donors (Lipinski definition) is 3. The van der Waals surface area contributed by atoms with Crippen molar-refractivity contribution < 1.29 is 9.21 Å². The van der Waals surface area contributed by atoms with Crippen LogP contribution in [0.3, 0.4) is 0 Å². The lowest BCUT2D eigenvalue weighted by molar-refractivity contribution is -0.121. The van der Waals surface area contributed by atoms with Crippen molar-refractivity contribution >= 4 is 23.2 Å². The van der Waals surface area contributed by atoms with Crippen molar-refractivity contribution in [2.24, 2.45) is 0 Å². The van der Waals surface area contributed by atoms with E-state index in [1.165, 1.54) is 0 Å². The topological polar surface area (TPSA) is 66.3 Å². The zero-order valence-corrected chi connectivity index (χ0v) is 12.3. The van der Waals surface area contributed by atoms with Crippen molar-refractivity contribution in [2.75, 3.05) is 0 Å². The number of carbonyl (C=O) groups excluding carboxylic acids is 1. The average Bonchev–Trinajstić information content (AvgIpc) is 3.03. The normalized spacial score (nSPS) is 9.90. The Morgan fingerprint density at radius 2 is 1.90 bits per heavy atom. The van der Waals surface area contributed by atoms with Gasteiger partial charge in [-0.15, -0.1) is 0 Å². The lowest BCUT2D eigenvalue weighted by Gasteiger charge is -2.10. The molecule has 0 bridgehead atoms. The molecule has 3 N–H and O–H groups in total. The van der Waals surface area contributed by atoms with E-state index >= 15 is 0 Å². The number of aryl methyl sites for hydroxylation is 1. The molecular formula is C15H17N3O2S. The van der Waals surface area contributed by atoms with Gasteiger partial charge in [-0.1, -0.05) is 30.3 Å². The van der Waals surface area contributed by atoms with E-state index < -0.39 is 0 Å². The zero-order valence-electron chi connectivity index (χ0n) is 11.5. The standard InChI is InChI=1S/C15H17N3O2S/c19-14(9-8-12-5-2-1-3-6-12)17-18-15(21)16-11-13-7-4-10-20-13/h1-7,10H,8-9,11H2,(H,17,19)(H2,16,18,21). The minimum atomic E-state index is -0.110. The molecule has 110 valence electrons. The van der Waals surface area contributed by atoms with Gasteiger partial charge in [0, 0.05) is 6.42 Å². The van der Waals surface area contributed by atoms with Gasteiger partial charge in [0.2, 0.25) is 5.91 Å². The van der Waals surface area contributed by atoms with Gasteiger partial charge in [0.15, 0.2) is 5.11 Å². The Labute approximate surface area is 128 Å². The van der Waals surface area contributed by atoms with E-state index in [0.29, 0.717) is 24.5 Å². The highest BCUT2D eigenvalue weighted by Crippen LogP contribution is 2.01. The largest absolute Gasteiger partial charge is 0.467 e. The second-order valence-corrected chi connectivity index (χ2v) is 4.83. The summed E-state index contributed by atoms with van der Waals surface area (Å²) < 4.78 is 5.16. The third-order valence-corrected chi connectivity index (χ3v) is 3.05. The number of hydrogen-bond acceptors (Lipinski definition) is 3. The summed E-state index contributed by atoms with van der Waals surface area (Å²) in [6.07, 6.45) is 2.69. The number of rotatable bonds is 5. The molecule has 0 aliphatic heterocycles. The minimum Gasteiger partial charge on any atom is -0.467 e. The Bertz CT molecular complexity index is 570. The molecule has 6 heteroatoms. The molecule has 0 aliphatic carbocycles. The Morgan fingerprint density at radius 1 is 1.10 bits per heavy atom. The summed E-state index contributed by atoms with van der Waals surface area (Å²) in [5.74, 6) is 0.663. The summed E-state index contributed by atoms with van der Waals surface area (Å²) in [6, 6.07) is 13.5. The van der Waals surface area contributed by atoms with Crippen molar-refractivity contribution in [2.45, 2.75) is 19.4 Å². The van der Waals surface area contributed by atoms with E-state index in [9.17, 15) is 4.79 Å². The maximum absolute atomic E-state index is 11.7. The van der Waals surface area contributed by atoms with Crippen molar-refractivity contribution in [3.8, 4) is 0 Å². The number of amides is 1. The monoisotopic (exact) mass is 303 g/mol. The van der Waals surface area contributed by atoms with Crippen molar-refractivity contribution in [3.05, 3.63) is 60.1 Å². The molecule has 0 atom stereocenters. The SMILES string of the molecule is O=C(CCc1ccccc1)NNC(=S)NCc1ccco1. The van der Waals surface area contributed by atoms with Gasteiger partial charge in [0.25, 0.3) is 0 Å². The fraction of sp³-hybridized carbons (Fsp3) is 0.200. The van der Waals surface area contributed by atoms with Crippen LogP contribution >= 0.6 is 12.2 Å². The first-order valence-electron chi connectivity index (χ1n) is 6.63. The van der Waals surface area contributed by atoms with E-state index in [0.717, 1.165) is 11.3 Å². The first-order valence-corrected chi connectivity index (χ1v) is 7.04. The lowest BCUT2D eigenvalue weighted by atomic mass is 10.1.